The molecule has 1 N–H and O–H groups in total. The summed E-state index contributed by atoms with van der Waals surface area (Å²) in [7, 11) is -3.97. The second-order valence-electron chi connectivity index (χ2n) is 9.30. The second kappa shape index (κ2) is 10.9. The van der Waals surface area contributed by atoms with E-state index in [0.29, 0.717) is 13.0 Å². The molecule has 0 unspecified atom stereocenters. The minimum Gasteiger partial charge on any atom is -0.508 e. The summed E-state index contributed by atoms with van der Waals surface area (Å²) < 4.78 is 45.3. The molecule has 2 aliphatic rings. The molecule has 0 aromatic heterocycles. The number of fused-ring (bicyclic) bond motifs is 2. The normalized spacial score (nSPS) is 20.9. The lowest BCUT2D eigenvalue weighted by Gasteiger charge is -2.25. The fraction of sp³-hybridized carbons (Fsp3) is 0.310. The SMILES string of the molecule is CCCCCOc1ccc(C2=C(c3ccc(O)cc3)[C@@H]3C[C@@H](S(=O)(=O)Oc4ccc(Br)cc4)[C@H]2O3)cc1. The van der Waals surface area contributed by atoms with Crippen LogP contribution >= 0.6 is 15.9 Å². The third kappa shape index (κ3) is 5.56. The molecule has 3 aromatic carbocycles. The monoisotopic (exact) mass is 584 g/mol. The topological polar surface area (TPSA) is 82.1 Å². The molecule has 8 heteroatoms. The van der Waals surface area contributed by atoms with Gasteiger partial charge in [0.2, 0.25) is 0 Å². The standard InChI is InChI=1S/C29H29BrO6S/c1-2-3-4-17-34-23-13-7-20(8-14-23)28-27(19-5-11-22(31)12-6-19)25-18-26(29(28)35-25)37(32,33)36-24-15-9-21(30)10-16-24/h5-16,25-26,29,31H,2-4,17-18H2,1H3/t25-,26+,29+/m0/s1. The van der Waals surface area contributed by atoms with Gasteiger partial charge in [-0.2, -0.15) is 8.42 Å². The minimum absolute atomic E-state index is 0.169. The van der Waals surface area contributed by atoms with E-state index in [1.165, 1.54) is 0 Å². The Labute approximate surface area is 226 Å². The van der Waals surface area contributed by atoms with Gasteiger partial charge in [0.1, 0.15) is 28.6 Å². The predicted octanol–water partition coefficient (Wildman–Crippen LogP) is 6.58. The summed E-state index contributed by atoms with van der Waals surface area (Å²) in [5.41, 5.74) is 3.54. The van der Waals surface area contributed by atoms with Crippen LogP contribution in [0.15, 0.2) is 77.3 Å². The molecule has 0 saturated carbocycles. The van der Waals surface area contributed by atoms with Crippen molar-refractivity contribution in [3.05, 3.63) is 88.4 Å². The van der Waals surface area contributed by atoms with Gasteiger partial charge in [0.25, 0.3) is 0 Å². The number of phenolic OH excluding ortho intramolecular Hbond substituents is 1. The van der Waals surface area contributed by atoms with Gasteiger partial charge < -0.3 is 18.8 Å². The van der Waals surface area contributed by atoms with E-state index >= 15 is 0 Å². The third-order valence-electron chi connectivity index (χ3n) is 6.75. The van der Waals surface area contributed by atoms with Crippen LogP contribution in [0.1, 0.15) is 43.7 Å². The van der Waals surface area contributed by atoms with Gasteiger partial charge in [0.15, 0.2) is 0 Å². The molecule has 2 aliphatic heterocycles. The van der Waals surface area contributed by atoms with Gasteiger partial charge in [0, 0.05) is 10.9 Å². The van der Waals surface area contributed by atoms with Crippen LogP contribution in [-0.2, 0) is 14.9 Å². The number of unbranched alkanes of at least 4 members (excludes halogenated alkanes) is 2. The molecule has 194 valence electrons. The zero-order chi connectivity index (χ0) is 26.0. The lowest BCUT2D eigenvalue weighted by molar-refractivity contribution is 0.128. The van der Waals surface area contributed by atoms with Gasteiger partial charge in [-0.3, -0.25) is 0 Å². The second-order valence-corrected chi connectivity index (χ2v) is 12.0. The average Bonchev–Trinajstić information content (AvgIpc) is 3.49. The Morgan fingerprint density at radius 3 is 2.19 bits per heavy atom. The Morgan fingerprint density at radius 2 is 1.51 bits per heavy atom. The molecule has 2 heterocycles. The van der Waals surface area contributed by atoms with Crippen molar-refractivity contribution in [2.24, 2.45) is 0 Å². The van der Waals surface area contributed by atoms with Gasteiger partial charge >= 0.3 is 10.1 Å². The maximum Gasteiger partial charge on any atom is 0.315 e. The van der Waals surface area contributed by atoms with E-state index in [2.05, 4.69) is 22.9 Å². The maximum atomic E-state index is 13.4. The number of halogens is 1. The fourth-order valence-electron chi connectivity index (χ4n) is 4.95. The number of rotatable bonds is 10. The van der Waals surface area contributed by atoms with Crippen molar-refractivity contribution in [1.29, 1.82) is 0 Å². The Morgan fingerprint density at radius 1 is 0.892 bits per heavy atom. The Kier molecular flexibility index (Phi) is 7.60. The van der Waals surface area contributed by atoms with E-state index in [0.717, 1.165) is 51.8 Å². The third-order valence-corrected chi connectivity index (χ3v) is 8.88. The Hall–Kier alpha value is -2.81. The number of hydrogen-bond donors (Lipinski definition) is 1. The summed E-state index contributed by atoms with van der Waals surface area (Å²) in [5, 5.41) is 8.95. The largest absolute Gasteiger partial charge is 0.508 e. The molecule has 5 rings (SSSR count). The van der Waals surface area contributed by atoms with Crippen molar-refractivity contribution >= 4 is 37.2 Å². The van der Waals surface area contributed by atoms with Crippen LogP contribution in [0, 0.1) is 0 Å². The molecular weight excluding hydrogens is 556 g/mol. The van der Waals surface area contributed by atoms with Gasteiger partial charge in [0.05, 0.1) is 12.7 Å². The van der Waals surface area contributed by atoms with Gasteiger partial charge in [-0.1, -0.05) is 60.0 Å². The molecule has 3 atom stereocenters. The number of phenols is 1. The quantitative estimate of drug-likeness (QED) is 0.214. The molecule has 2 bridgehead atoms. The first kappa shape index (κ1) is 25.8. The molecule has 0 spiro atoms. The average molecular weight is 586 g/mol. The highest BCUT2D eigenvalue weighted by molar-refractivity contribution is 9.10. The zero-order valence-corrected chi connectivity index (χ0v) is 22.9. The highest BCUT2D eigenvalue weighted by Crippen LogP contribution is 2.51. The highest BCUT2D eigenvalue weighted by Gasteiger charge is 2.53. The van der Waals surface area contributed by atoms with Crippen LogP contribution in [0.25, 0.3) is 11.1 Å². The summed E-state index contributed by atoms with van der Waals surface area (Å²) in [6, 6.07) is 21.4. The van der Waals surface area contributed by atoms with Crippen molar-refractivity contribution in [1.82, 2.24) is 0 Å². The molecule has 1 saturated heterocycles. The van der Waals surface area contributed by atoms with Crippen molar-refractivity contribution in [3.63, 3.8) is 0 Å². The highest BCUT2D eigenvalue weighted by atomic mass is 79.9. The van der Waals surface area contributed by atoms with Crippen molar-refractivity contribution in [3.8, 4) is 17.2 Å². The van der Waals surface area contributed by atoms with Crippen molar-refractivity contribution in [2.75, 3.05) is 6.61 Å². The summed E-state index contributed by atoms with van der Waals surface area (Å²) in [5.74, 6) is 1.21. The first-order chi connectivity index (χ1) is 17.9. The molecule has 0 radical (unpaired) electrons. The van der Waals surface area contributed by atoms with Crippen LogP contribution in [-0.4, -0.2) is 37.6 Å². The molecule has 6 nitrogen and oxygen atoms in total. The Balaban J connectivity index is 1.46. The number of aromatic hydroxyl groups is 1. The van der Waals surface area contributed by atoms with E-state index in [1.807, 2.05) is 36.4 Å². The summed E-state index contributed by atoms with van der Waals surface area (Å²) in [6.07, 6.45) is 2.48. The maximum absolute atomic E-state index is 13.4. The van der Waals surface area contributed by atoms with E-state index in [9.17, 15) is 13.5 Å². The van der Waals surface area contributed by atoms with Gasteiger partial charge in [-0.05, 0) is 77.2 Å². The summed E-state index contributed by atoms with van der Waals surface area (Å²) in [4.78, 5) is 0. The number of hydrogen-bond acceptors (Lipinski definition) is 6. The number of benzene rings is 3. The van der Waals surface area contributed by atoms with Crippen molar-refractivity contribution in [2.45, 2.75) is 50.1 Å². The van der Waals surface area contributed by atoms with Crippen LogP contribution in [0.2, 0.25) is 0 Å². The van der Waals surface area contributed by atoms with Gasteiger partial charge in [-0.25, -0.2) is 0 Å². The van der Waals surface area contributed by atoms with Crippen LogP contribution in [0.5, 0.6) is 17.2 Å². The van der Waals surface area contributed by atoms with Crippen LogP contribution in [0.3, 0.4) is 0 Å². The minimum atomic E-state index is -3.97. The lowest BCUT2D eigenvalue weighted by atomic mass is 9.83. The molecule has 3 aromatic rings. The van der Waals surface area contributed by atoms with E-state index < -0.39 is 27.6 Å². The molecule has 0 amide bonds. The first-order valence-electron chi connectivity index (χ1n) is 12.5. The van der Waals surface area contributed by atoms with E-state index in [4.69, 9.17) is 13.7 Å². The van der Waals surface area contributed by atoms with E-state index in [1.54, 1.807) is 36.4 Å². The van der Waals surface area contributed by atoms with E-state index in [-0.39, 0.29) is 11.5 Å². The summed E-state index contributed by atoms with van der Waals surface area (Å²) in [6.45, 7) is 2.82. The fourth-order valence-corrected chi connectivity index (χ4v) is 6.63. The predicted molar refractivity (Wildman–Crippen MR) is 147 cm³/mol. The zero-order valence-electron chi connectivity index (χ0n) is 20.5. The van der Waals surface area contributed by atoms with Crippen LogP contribution in [0.4, 0.5) is 0 Å². The number of ether oxygens (including phenoxy) is 2. The summed E-state index contributed by atoms with van der Waals surface area (Å²) >= 11 is 3.35. The lowest BCUT2D eigenvalue weighted by Crippen LogP contribution is -2.35. The van der Waals surface area contributed by atoms with Crippen molar-refractivity contribution < 1.29 is 27.2 Å². The molecular formula is C29H29BrO6S. The molecule has 0 aliphatic carbocycles. The smallest absolute Gasteiger partial charge is 0.315 e. The van der Waals surface area contributed by atoms with Gasteiger partial charge in [-0.15, -0.1) is 0 Å². The Bertz CT molecular complexity index is 1370. The van der Waals surface area contributed by atoms with Crippen LogP contribution < -0.4 is 8.92 Å². The molecule has 1 fully saturated rings. The molecule has 37 heavy (non-hydrogen) atoms. The first-order valence-corrected chi connectivity index (χ1v) is 14.7.